The van der Waals surface area contributed by atoms with Gasteiger partial charge in [0.2, 0.25) is 0 Å². The van der Waals surface area contributed by atoms with Crippen molar-refractivity contribution in [3.63, 3.8) is 0 Å². The first-order valence-electron chi connectivity index (χ1n) is 9.55. The molecule has 3 nitrogen and oxygen atoms in total. The van der Waals surface area contributed by atoms with Crippen LogP contribution in [-0.2, 0) is 4.79 Å². The van der Waals surface area contributed by atoms with Crippen molar-refractivity contribution in [2.75, 3.05) is 6.54 Å². The van der Waals surface area contributed by atoms with Crippen molar-refractivity contribution in [1.29, 1.82) is 0 Å². The van der Waals surface area contributed by atoms with Crippen molar-refractivity contribution in [2.45, 2.75) is 54.9 Å². The second kappa shape index (κ2) is 8.43. The summed E-state index contributed by atoms with van der Waals surface area (Å²) in [4.78, 5) is 13.1. The lowest BCUT2D eigenvalue weighted by molar-refractivity contribution is -0.115. The summed E-state index contributed by atoms with van der Waals surface area (Å²) in [5, 5.41) is 14.2. The monoisotopic (exact) mass is 365 g/mol. The van der Waals surface area contributed by atoms with E-state index in [1.54, 1.807) is 0 Å². The molecule has 2 aromatic rings. The molecule has 0 saturated carbocycles. The number of carbonyl (C=O) groups excluding carboxylic acids is 1. The fourth-order valence-electron chi connectivity index (χ4n) is 3.92. The van der Waals surface area contributed by atoms with Crippen LogP contribution in [0.1, 0.15) is 57.9 Å². The first-order chi connectivity index (χ1) is 12.7. The highest BCUT2D eigenvalue weighted by Gasteiger charge is 2.24. The summed E-state index contributed by atoms with van der Waals surface area (Å²) in [7, 11) is 0. The van der Waals surface area contributed by atoms with Crippen LogP contribution < -0.4 is 5.32 Å². The van der Waals surface area contributed by atoms with Crippen molar-refractivity contribution in [1.82, 2.24) is 5.32 Å². The number of amides is 1. The molecule has 0 atom stereocenters. The van der Waals surface area contributed by atoms with Crippen molar-refractivity contribution in [3.8, 4) is 0 Å². The molecular formula is C24H31NO2. The average Bonchev–Trinajstić information content (AvgIpc) is 2.54. The van der Waals surface area contributed by atoms with Crippen LogP contribution in [0.4, 0.5) is 0 Å². The van der Waals surface area contributed by atoms with Gasteiger partial charge in [-0.15, -0.1) is 0 Å². The van der Waals surface area contributed by atoms with Crippen molar-refractivity contribution in [3.05, 3.63) is 68.8 Å². The molecule has 0 aliphatic heterocycles. The third-order valence-corrected chi connectivity index (χ3v) is 4.84. The number of aryl methyl sites for hydroxylation is 6. The van der Waals surface area contributed by atoms with E-state index < -0.39 is 0 Å². The molecule has 2 rings (SSSR count). The Kier molecular flexibility index (Phi) is 6.48. The molecule has 144 valence electrons. The van der Waals surface area contributed by atoms with E-state index in [0.717, 1.165) is 50.9 Å². The van der Waals surface area contributed by atoms with Gasteiger partial charge in [0.15, 0.2) is 0 Å². The lowest BCUT2D eigenvalue weighted by Crippen LogP contribution is -2.26. The highest BCUT2D eigenvalue weighted by molar-refractivity contribution is 6.26. The summed E-state index contributed by atoms with van der Waals surface area (Å²) >= 11 is 0. The van der Waals surface area contributed by atoms with Gasteiger partial charge < -0.3 is 10.4 Å². The lowest BCUT2D eigenvalue weighted by Gasteiger charge is -2.19. The molecule has 0 aliphatic rings. The zero-order chi connectivity index (χ0) is 20.3. The van der Waals surface area contributed by atoms with E-state index in [0.29, 0.717) is 12.1 Å². The third kappa shape index (κ3) is 4.41. The molecule has 0 aliphatic carbocycles. The number of benzene rings is 2. The second-order valence-electron chi connectivity index (χ2n) is 7.53. The van der Waals surface area contributed by atoms with Gasteiger partial charge in [0.25, 0.3) is 5.91 Å². The standard InChI is InChI=1S/C24H31NO2/c1-8-9-25-24(27)22(20-16(4)10-14(2)11-17(20)5)23(26)21-18(6)12-15(3)13-19(21)7/h10-13,26H,8-9H2,1-7H3,(H,25,27)/b23-22-. The van der Waals surface area contributed by atoms with E-state index in [-0.39, 0.29) is 11.7 Å². The van der Waals surface area contributed by atoms with Gasteiger partial charge in [0.05, 0.1) is 5.57 Å². The molecule has 27 heavy (non-hydrogen) atoms. The van der Waals surface area contributed by atoms with Crippen molar-refractivity contribution >= 4 is 17.2 Å². The molecule has 3 heteroatoms. The molecule has 0 heterocycles. The second-order valence-corrected chi connectivity index (χ2v) is 7.53. The molecule has 0 spiro atoms. The molecule has 1 amide bonds. The molecule has 0 radical (unpaired) electrons. The Morgan fingerprint density at radius 3 is 1.63 bits per heavy atom. The number of hydrogen-bond acceptors (Lipinski definition) is 2. The Balaban J connectivity index is 2.82. The number of nitrogens with one attached hydrogen (secondary N) is 1. The normalized spacial score (nSPS) is 12.0. The van der Waals surface area contributed by atoms with Gasteiger partial charge in [-0.2, -0.15) is 0 Å². The van der Waals surface area contributed by atoms with Crippen LogP contribution in [0.5, 0.6) is 0 Å². The minimum Gasteiger partial charge on any atom is -0.506 e. The zero-order valence-corrected chi connectivity index (χ0v) is 17.6. The number of aliphatic hydroxyl groups excluding tert-OH is 1. The average molecular weight is 366 g/mol. The molecule has 0 bridgehead atoms. The van der Waals surface area contributed by atoms with Gasteiger partial charge in [0, 0.05) is 12.1 Å². The van der Waals surface area contributed by atoms with Crippen LogP contribution in [-0.4, -0.2) is 17.6 Å². The van der Waals surface area contributed by atoms with E-state index in [1.807, 2.05) is 60.6 Å². The fraction of sp³-hybridized carbons (Fsp3) is 0.375. The first kappa shape index (κ1) is 20.8. The Morgan fingerprint density at radius 1 is 0.815 bits per heavy atom. The summed E-state index contributed by atoms with van der Waals surface area (Å²) in [5.74, 6) is -0.183. The minimum atomic E-state index is -0.233. The lowest BCUT2D eigenvalue weighted by atomic mass is 9.88. The third-order valence-electron chi connectivity index (χ3n) is 4.84. The maximum atomic E-state index is 13.1. The summed E-state index contributed by atoms with van der Waals surface area (Å²) in [5.41, 5.74) is 8.10. The van der Waals surface area contributed by atoms with Crippen LogP contribution in [0, 0.1) is 41.5 Å². The topological polar surface area (TPSA) is 49.3 Å². The fourth-order valence-corrected chi connectivity index (χ4v) is 3.92. The molecule has 2 aromatic carbocycles. The maximum absolute atomic E-state index is 13.1. The van der Waals surface area contributed by atoms with E-state index in [2.05, 4.69) is 17.4 Å². The molecule has 0 fully saturated rings. The number of aliphatic hydroxyl groups is 1. The van der Waals surface area contributed by atoms with Crippen LogP contribution in [0.2, 0.25) is 0 Å². The maximum Gasteiger partial charge on any atom is 0.255 e. The summed E-state index contributed by atoms with van der Waals surface area (Å²) in [6.45, 7) is 14.6. The van der Waals surface area contributed by atoms with Crippen LogP contribution in [0.15, 0.2) is 24.3 Å². The van der Waals surface area contributed by atoms with Gasteiger partial charge in [0.1, 0.15) is 5.76 Å². The Morgan fingerprint density at radius 2 is 1.22 bits per heavy atom. The Labute approximate surface area is 163 Å². The van der Waals surface area contributed by atoms with Gasteiger partial charge in [-0.3, -0.25) is 4.79 Å². The van der Waals surface area contributed by atoms with Crippen LogP contribution >= 0.6 is 0 Å². The van der Waals surface area contributed by atoms with E-state index in [4.69, 9.17) is 0 Å². The molecule has 0 aromatic heterocycles. The molecule has 0 saturated heterocycles. The highest BCUT2D eigenvalue weighted by Crippen LogP contribution is 2.33. The highest BCUT2D eigenvalue weighted by atomic mass is 16.3. The Hall–Kier alpha value is -2.55. The van der Waals surface area contributed by atoms with Crippen LogP contribution in [0.3, 0.4) is 0 Å². The summed E-state index contributed by atoms with van der Waals surface area (Å²) in [6, 6.07) is 8.18. The SMILES string of the molecule is CCCNC(=O)/C(=C(\O)c1c(C)cc(C)cc1C)c1c(C)cc(C)cc1C. The largest absolute Gasteiger partial charge is 0.506 e. The summed E-state index contributed by atoms with van der Waals surface area (Å²) in [6.07, 6.45) is 0.841. The minimum absolute atomic E-state index is 0.0497. The molecule has 0 unspecified atom stereocenters. The molecular weight excluding hydrogens is 334 g/mol. The van der Waals surface area contributed by atoms with Gasteiger partial charge in [-0.25, -0.2) is 0 Å². The van der Waals surface area contributed by atoms with Gasteiger partial charge >= 0.3 is 0 Å². The predicted molar refractivity (Wildman–Crippen MR) is 114 cm³/mol. The molecule has 2 N–H and O–H groups in total. The smallest absolute Gasteiger partial charge is 0.255 e. The van der Waals surface area contributed by atoms with Gasteiger partial charge in [-0.1, -0.05) is 42.3 Å². The summed E-state index contributed by atoms with van der Waals surface area (Å²) < 4.78 is 0. The number of hydrogen-bond donors (Lipinski definition) is 2. The van der Waals surface area contributed by atoms with Crippen molar-refractivity contribution in [2.24, 2.45) is 0 Å². The quantitative estimate of drug-likeness (QED) is 0.418. The van der Waals surface area contributed by atoms with E-state index >= 15 is 0 Å². The van der Waals surface area contributed by atoms with Crippen molar-refractivity contribution < 1.29 is 9.90 Å². The first-order valence-corrected chi connectivity index (χ1v) is 9.55. The van der Waals surface area contributed by atoms with Gasteiger partial charge in [-0.05, 0) is 75.8 Å². The Bertz CT molecular complexity index is 861. The van der Waals surface area contributed by atoms with Crippen LogP contribution in [0.25, 0.3) is 11.3 Å². The number of carbonyl (C=O) groups is 1. The number of rotatable bonds is 5. The predicted octanol–water partition coefficient (Wildman–Crippen LogP) is 5.49. The zero-order valence-electron chi connectivity index (χ0n) is 17.6. The van der Waals surface area contributed by atoms with E-state index in [9.17, 15) is 9.90 Å². The van der Waals surface area contributed by atoms with E-state index in [1.165, 1.54) is 0 Å².